The second-order valence-electron chi connectivity index (χ2n) is 5.15. The number of pyridine rings is 1. The van der Waals surface area contributed by atoms with Crippen LogP contribution in [0.1, 0.15) is 16.1 Å². The predicted octanol–water partition coefficient (Wildman–Crippen LogP) is 1.96. The number of ether oxygens (including phenoxy) is 1. The first-order valence-corrected chi connectivity index (χ1v) is 6.92. The van der Waals surface area contributed by atoms with Crippen LogP contribution in [-0.2, 0) is 6.18 Å². The van der Waals surface area contributed by atoms with Gasteiger partial charge >= 0.3 is 11.8 Å². The smallest absolute Gasteiger partial charge is 0.433 e. The average molecular weight is 340 g/mol. The molecule has 0 bridgehead atoms. The summed E-state index contributed by atoms with van der Waals surface area (Å²) in [5.41, 5.74) is -1.39. The molecule has 1 aliphatic heterocycles. The quantitative estimate of drug-likeness (QED) is 0.854. The highest BCUT2D eigenvalue weighted by atomic mass is 19.4. The molecule has 1 amide bonds. The van der Waals surface area contributed by atoms with Gasteiger partial charge in [-0.15, -0.1) is 0 Å². The Bertz CT molecular complexity index is 792. The molecule has 1 fully saturated rings. The first kappa shape index (κ1) is 16.0. The van der Waals surface area contributed by atoms with E-state index in [4.69, 9.17) is 4.74 Å². The van der Waals surface area contributed by atoms with Gasteiger partial charge in [0.2, 0.25) is 5.88 Å². The molecule has 24 heavy (non-hydrogen) atoms. The molecule has 1 saturated heterocycles. The van der Waals surface area contributed by atoms with Crippen molar-refractivity contribution in [2.24, 2.45) is 0 Å². The number of rotatable bonds is 3. The maximum absolute atomic E-state index is 12.6. The summed E-state index contributed by atoms with van der Waals surface area (Å²) in [6.45, 7) is 0.409. The fourth-order valence-electron chi connectivity index (χ4n) is 2.15. The van der Waals surface area contributed by atoms with Gasteiger partial charge in [0.25, 0.3) is 5.91 Å². The number of nitrogens with zero attached hydrogens (tertiary/aromatic N) is 2. The summed E-state index contributed by atoms with van der Waals surface area (Å²) in [5, 5.41) is 0. The van der Waals surface area contributed by atoms with E-state index < -0.39 is 23.6 Å². The van der Waals surface area contributed by atoms with Gasteiger partial charge in [-0.1, -0.05) is 6.07 Å². The Hall–Kier alpha value is -2.84. The Morgan fingerprint density at radius 2 is 2.00 bits per heavy atom. The monoisotopic (exact) mass is 340 g/mol. The zero-order valence-corrected chi connectivity index (χ0v) is 12.1. The average Bonchev–Trinajstić information content (AvgIpc) is 2.50. The third kappa shape index (κ3) is 3.39. The minimum Gasteiger partial charge on any atom is -0.471 e. The third-order valence-electron chi connectivity index (χ3n) is 3.38. The molecule has 0 atom stereocenters. The van der Waals surface area contributed by atoms with Crippen molar-refractivity contribution in [3.8, 4) is 5.88 Å². The summed E-state index contributed by atoms with van der Waals surface area (Å²) in [6, 6.07) is 5.86. The molecule has 2 aromatic rings. The van der Waals surface area contributed by atoms with Crippen LogP contribution in [0.5, 0.6) is 5.88 Å². The molecule has 0 aliphatic carbocycles. The molecule has 0 N–H and O–H groups in total. The van der Waals surface area contributed by atoms with E-state index in [1.165, 1.54) is 23.1 Å². The van der Waals surface area contributed by atoms with Crippen molar-refractivity contribution >= 4 is 5.91 Å². The lowest BCUT2D eigenvalue weighted by Crippen LogP contribution is -2.56. The van der Waals surface area contributed by atoms with Crippen LogP contribution in [0, 0.1) is 0 Å². The fraction of sp³-hybridized carbons (Fsp3) is 0.267. The van der Waals surface area contributed by atoms with Crippen LogP contribution in [0.25, 0.3) is 0 Å². The number of carbonyl (C=O) groups is 1. The Kier molecular flexibility index (Phi) is 4.00. The highest BCUT2D eigenvalue weighted by molar-refractivity contribution is 5.94. The van der Waals surface area contributed by atoms with Crippen LogP contribution in [0.15, 0.2) is 45.8 Å². The number of aromatic nitrogens is 1. The molecule has 3 rings (SSSR count). The van der Waals surface area contributed by atoms with Gasteiger partial charge in [0.05, 0.1) is 18.7 Å². The molecule has 1 aliphatic rings. The van der Waals surface area contributed by atoms with Gasteiger partial charge < -0.3 is 14.1 Å². The SMILES string of the molecule is O=C(c1ccc(=O)oc1)N1CC(Oc2cccc(C(F)(F)F)n2)C1. The summed E-state index contributed by atoms with van der Waals surface area (Å²) >= 11 is 0. The minimum atomic E-state index is -4.54. The van der Waals surface area contributed by atoms with Gasteiger partial charge in [-0.05, 0) is 12.1 Å². The molecule has 0 aromatic carbocycles. The molecule has 9 heteroatoms. The van der Waals surface area contributed by atoms with Crippen molar-refractivity contribution in [2.45, 2.75) is 12.3 Å². The van der Waals surface area contributed by atoms with Crippen molar-refractivity contribution in [1.29, 1.82) is 0 Å². The molecule has 0 radical (unpaired) electrons. The van der Waals surface area contributed by atoms with Crippen LogP contribution in [0.4, 0.5) is 13.2 Å². The summed E-state index contributed by atoms with van der Waals surface area (Å²) in [7, 11) is 0. The number of likely N-dealkylation sites (tertiary alicyclic amines) is 1. The molecule has 6 nitrogen and oxygen atoms in total. The van der Waals surface area contributed by atoms with Crippen molar-refractivity contribution in [3.05, 3.63) is 58.3 Å². The molecule has 0 spiro atoms. The van der Waals surface area contributed by atoms with Crippen molar-refractivity contribution in [3.63, 3.8) is 0 Å². The lowest BCUT2D eigenvalue weighted by molar-refractivity contribution is -0.141. The van der Waals surface area contributed by atoms with Crippen molar-refractivity contribution < 1.29 is 27.1 Å². The van der Waals surface area contributed by atoms with Crippen molar-refractivity contribution in [2.75, 3.05) is 13.1 Å². The molecule has 0 saturated carbocycles. The van der Waals surface area contributed by atoms with Gasteiger partial charge in [0.1, 0.15) is 18.1 Å². The summed E-state index contributed by atoms with van der Waals surface area (Å²) in [6.07, 6.45) is -3.92. The highest BCUT2D eigenvalue weighted by Crippen LogP contribution is 2.29. The van der Waals surface area contributed by atoms with E-state index in [1.54, 1.807) is 0 Å². The van der Waals surface area contributed by atoms with E-state index in [0.717, 1.165) is 18.4 Å². The van der Waals surface area contributed by atoms with Crippen LogP contribution in [0.2, 0.25) is 0 Å². The zero-order chi connectivity index (χ0) is 17.3. The second-order valence-corrected chi connectivity index (χ2v) is 5.15. The summed E-state index contributed by atoms with van der Waals surface area (Å²) < 4.78 is 47.7. The Balaban J connectivity index is 1.58. The largest absolute Gasteiger partial charge is 0.471 e. The number of amides is 1. The zero-order valence-electron chi connectivity index (χ0n) is 12.1. The van der Waals surface area contributed by atoms with Gasteiger partial charge in [-0.2, -0.15) is 13.2 Å². The van der Waals surface area contributed by atoms with Gasteiger partial charge in [0.15, 0.2) is 0 Å². The number of hydrogen-bond donors (Lipinski definition) is 0. The standard InChI is InChI=1S/C15H11F3N2O4/c16-15(17,18)11-2-1-3-12(19-11)24-10-6-20(7-10)14(22)9-4-5-13(21)23-8-9/h1-5,8,10H,6-7H2. The number of halogens is 3. The topological polar surface area (TPSA) is 72.6 Å². The van der Waals surface area contributed by atoms with E-state index in [1.807, 2.05) is 0 Å². The lowest BCUT2D eigenvalue weighted by Gasteiger charge is -2.38. The maximum atomic E-state index is 12.6. The van der Waals surface area contributed by atoms with Crippen LogP contribution in [0.3, 0.4) is 0 Å². The normalized spacial score (nSPS) is 15.0. The molecular formula is C15H11F3N2O4. The van der Waals surface area contributed by atoms with Gasteiger partial charge in [-0.3, -0.25) is 4.79 Å². The minimum absolute atomic E-state index is 0.146. The molecule has 126 valence electrons. The van der Waals surface area contributed by atoms with E-state index in [2.05, 4.69) is 9.40 Å². The Labute approximate surface area is 133 Å². The van der Waals surface area contributed by atoms with Gasteiger partial charge in [-0.25, -0.2) is 9.78 Å². The van der Waals surface area contributed by atoms with Crippen LogP contribution < -0.4 is 10.4 Å². The van der Waals surface area contributed by atoms with Crippen LogP contribution in [-0.4, -0.2) is 35.0 Å². The Morgan fingerprint density at radius 1 is 1.25 bits per heavy atom. The van der Waals surface area contributed by atoms with E-state index in [0.29, 0.717) is 0 Å². The first-order valence-electron chi connectivity index (χ1n) is 6.92. The molecule has 3 heterocycles. The van der Waals surface area contributed by atoms with Gasteiger partial charge in [0, 0.05) is 12.1 Å². The predicted molar refractivity (Wildman–Crippen MR) is 74.5 cm³/mol. The lowest BCUT2D eigenvalue weighted by atomic mass is 10.1. The highest BCUT2D eigenvalue weighted by Gasteiger charge is 2.35. The van der Waals surface area contributed by atoms with E-state index >= 15 is 0 Å². The number of hydrogen-bond acceptors (Lipinski definition) is 5. The number of carbonyl (C=O) groups excluding carboxylic acids is 1. The Morgan fingerprint density at radius 3 is 2.62 bits per heavy atom. The number of alkyl halides is 3. The molecule has 2 aromatic heterocycles. The third-order valence-corrected chi connectivity index (χ3v) is 3.38. The maximum Gasteiger partial charge on any atom is 0.433 e. The summed E-state index contributed by atoms with van der Waals surface area (Å²) in [5.74, 6) is -0.497. The first-order chi connectivity index (χ1) is 11.3. The summed E-state index contributed by atoms with van der Waals surface area (Å²) in [4.78, 5) is 27.7. The van der Waals surface area contributed by atoms with E-state index in [-0.39, 0.29) is 30.4 Å². The van der Waals surface area contributed by atoms with Crippen LogP contribution >= 0.6 is 0 Å². The van der Waals surface area contributed by atoms with Crippen molar-refractivity contribution in [1.82, 2.24) is 9.88 Å². The molecular weight excluding hydrogens is 329 g/mol. The molecule has 0 unspecified atom stereocenters. The van der Waals surface area contributed by atoms with E-state index in [9.17, 15) is 22.8 Å². The fourth-order valence-corrected chi connectivity index (χ4v) is 2.15. The second kappa shape index (κ2) is 5.99.